The predicted octanol–water partition coefficient (Wildman–Crippen LogP) is 4.92. The largest absolute Gasteiger partial charge is 0.497 e. The normalized spacial score (nSPS) is 18.4. The Kier molecular flexibility index (Phi) is 7.25. The van der Waals surface area contributed by atoms with Crippen molar-refractivity contribution in [3.8, 4) is 23.0 Å². The van der Waals surface area contributed by atoms with Crippen LogP contribution in [0.3, 0.4) is 0 Å². The SMILES string of the molecule is CCN1C(=O)N2Cc3cc(OC)cc(OC)c3C=CC=C2C12CCN(Cc1cc(OC)cc(OC)c1)CC2. The van der Waals surface area contributed by atoms with Crippen LogP contribution in [-0.4, -0.2) is 74.3 Å². The molecule has 202 valence electrons. The van der Waals surface area contributed by atoms with Gasteiger partial charge in [0, 0.05) is 49.6 Å². The summed E-state index contributed by atoms with van der Waals surface area (Å²) in [6.45, 7) is 5.79. The summed E-state index contributed by atoms with van der Waals surface area (Å²) in [5, 5.41) is 0. The average molecular weight is 520 g/mol. The number of likely N-dealkylation sites (N-methyl/N-ethyl adjacent to an activating group) is 1. The van der Waals surface area contributed by atoms with Gasteiger partial charge in [-0.05, 0) is 55.2 Å². The summed E-state index contributed by atoms with van der Waals surface area (Å²) in [5.74, 6) is 3.05. The van der Waals surface area contributed by atoms with E-state index in [9.17, 15) is 4.79 Å². The molecule has 5 rings (SSSR count). The number of piperidine rings is 1. The maximum Gasteiger partial charge on any atom is 0.325 e. The Morgan fingerprint density at radius 2 is 1.53 bits per heavy atom. The van der Waals surface area contributed by atoms with Crippen molar-refractivity contribution in [2.75, 3.05) is 48.1 Å². The van der Waals surface area contributed by atoms with Crippen molar-refractivity contribution in [1.29, 1.82) is 0 Å². The lowest BCUT2D eigenvalue weighted by atomic mass is 9.82. The number of allylic oxidation sites excluding steroid dienone is 2. The van der Waals surface area contributed by atoms with Crippen LogP contribution in [0.1, 0.15) is 36.5 Å². The minimum atomic E-state index is -0.320. The van der Waals surface area contributed by atoms with Crippen LogP contribution in [0.15, 0.2) is 48.2 Å². The van der Waals surface area contributed by atoms with Crippen LogP contribution in [0, 0.1) is 0 Å². The Hall–Kier alpha value is -3.65. The average Bonchev–Trinajstić information content (AvgIpc) is 3.13. The van der Waals surface area contributed by atoms with Gasteiger partial charge in [-0.2, -0.15) is 0 Å². The fourth-order valence-corrected chi connectivity index (χ4v) is 6.15. The monoisotopic (exact) mass is 519 g/mol. The fourth-order valence-electron chi connectivity index (χ4n) is 6.15. The number of amides is 2. The van der Waals surface area contributed by atoms with Gasteiger partial charge >= 0.3 is 6.03 Å². The lowest BCUT2D eigenvalue weighted by Gasteiger charge is -2.44. The molecule has 2 fully saturated rings. The highest BCUT2D eigenvalue weighted by molar-refractivity contribution is 5.83. The third-order valence-electron chi connectivity index (χ3n) is 8.07. The van der Waals surface area contributed by atoms with Crippen molar-refractivity contribution in [3.05, 3.63) is 64.9 Å². The Labute approximate surface area is 225 Å². The second kappa shape index (κ2) is 10.6. The van der Waals surface area contributed by atoms with E-state index in [-0.39, 0.29) is 11.6 Å². The molecule has 38 heavy (non-hydrogen) atoms. The minimum Gasteiger partial charge on any atom is -0.497 e. The zero-order valence-electron chi connectivity index (χ0n) is 23.0. The first-order valence-electron chi connectivity index (χ1n) is 13.1. The molecule has 0 radical (unpaired) electrons. The number of likely N-dealkylation sites (tertiary alicyclic amines) is 1. The smallest absolute Gasteiger partial charge is 0.325 e. The zero-order valence-corrected chi connectivity index (χ0v) is 23.0. The van der Waals surface area contributed by atoms with Crippen LogP contribution >= 0.6 is 0 Å². The lowest BCUT2D eigenvalue weighted by molar-refractivity contribution is 0.0890. The molecule has 0 aliphatic carbocycles. The van der Waals surface area contributed by atoms with Gasteiger partial charge < -0.3 is 23.8 Å². The lowest BCUT2D eigenvalue weighted by Crippen LogP contribution is -2.53. The number of carbonyl (C=O) groups excluding carboxylic acids is 1. The van der Waals surface area contributed by atoms with E-state index >= 15 is 0 Å². The molecule has 0 N–H and O–H groups in total. The molecule has 2 saturated heterocycles. The van der Waals surface area contributed by atoms with Gasteiger partial charge in [0.25, 0.3) is 0 Å². The standard InChI is InChI=1S/C30H37N3O5/c1-6-33-29(34)32-20-22-16-25(37-4)18-27(38-5)26(22)8-7-9-28(32)30(33)10-12-31(13-11-30)19-21-14-23(35-2)17-24(15-21)36-3/h7-9,14-18H,6,10-13,19-20H2,1-5H3. The maximum absolute atomic E-state index is 13.8. The second-order valence-corrected chi connectivity index (χ2v) is 9.96. The number of ether oxygens (including phenoxy) is 4. The molecule has 8 heteroatoms. The van der Waals surface area contributed by atoms with E-state index in [0.29, 0.717) is 13.1 Å². The van der Waals surface area contributed by atoms with E-state index in [4.69, 9.17) is 18.9 Å². The number of urea groups is 1. The minimum absolute atomic E-state index is 0.0627. The Balaban J connectivity index is 1.42. The van der Waals surface area contributed by atoms with Crippen LogP contribution in [0.2, 0.25) is 0 Å². The molecule has 3 aliphatic heterocycles. The highest BCUT2D eigenvalue weighted by atomic mass is 16.5. The Morgan fingerprint density at radius 3 is 2.13 bits per heavy atom. The molecular weight excluding hydrogens is 482 g/mol. The molecule has 0 bridgehead atoms. The van der Waals surface area contributed by atoms with Gasteiger partial charge in [-0.15, -0.1) is 0 Å². The summed E-state index contributed by atoms with van der Waals surface area (Å²) < 4.78 is 22.1. The number of rotatable bonds is 7. The number of methoxy groups -OCH3 is 4. The van der Waals surface area contributed by atoms with Crippen LogP contribution in [-0.2, 0) is 13.1 Å². The number of hydrogen-bond acceptors (Lipinski definition) is 6. The number of nitrogens with zero attached hydrogens (tertiary/aromatic N) is 3. The second-order valence-electron chi connectivity index (χ2n) is 9.96. The van der Waals surface area contributed by atoms with Crippen LogP contribution in [0.4, 0.5) is 4.79 Å². The summed E-state index contributed by atoms with van der Waals surface area (Å²) in [4.78, 5) is 20.3. The number of benzene rings is 2. The summed E-state index contributed by atoms with van der Waals surface area (Å²) in [7, 11) is 6.66. The van der Waals surface area contributed by atoms with E-state index in [1.165, 1.54) is 0 Å². The first kappa shape index (κ1) is 26.0. The molecular formula is C30H37N3O5. The third kappa shape index (κ3) is 4.47. The maximum atomic E-state index is 13.8. The summed E-state index contributed by atoms with van der Waals surface area (Å²) in [6.07, 6.45) is 8.01. The van der Waals surface area contributed by atoms with Gasteiger partial charge in [-0.1, -0.05) is 12.2 Å². The summed E-state index contributed by atoms with van der Waals surface area (Å²) in [6, 6.07) is 9.97. The van der Waals surface area contributed by atoms with E-state index in [1.54, 1.807) is 28.4 Å². The van der Waals surface area contributed by atoms with Gasteiger partial charge in [0.1, 0.15) is 23.0 Å². The molecule has 3 heterocycles. The van der Waals surface area contributed by atoms with Crippen molar-refractivity contribution >= 4 is 12.1 Å². The molecule has 2 amide bonds. The zero-order chi connectivity index (χ0) is 26.9. The van der Waals surface area contributed by atoms with Crippen molar-refractivity contribution in [2.24, 2.45) is 0 Å². The van der Waals surface area contributed by atoms with Crippen molar-refractivity contribution < 1.29 is 23.7 Å². The van der Waals surface area contributed by atoms with E-state index < -0.39 is 0 Å². The van der Waals surface area contributed by atoms with E-state index in [1.807, 2.05) is 23.1 Å². The fraction of sp³-hybridized carbons (Fsp3) is 0.433. The van der Waals surface area contributed by atoms with Crippen molar-refractivity contribution in [3.63, 3.8) is 0 Å². The first-order valence-corrected chi connectivity index (χ1v) is 13.1. The van der Waals surface area contributed by atoms with Crippen molar-refractivity contribution in [1.82, 2.24) is 14.7 Å². The van der Waals surface area contributed by atoms with Crippen LogP contribution in [0.5, 0.6) is 23.0 Å². The molecule has 2 aromatic rings. The number of hydrogen-bond donors (Lipinski definition) is 0. The topological polar surface area (TPSA) is 63.7 Å². The van der Waals surface area contributed by atoms with Crippen LogP contribution < -0.4 is 18.9 Å². The van der Waals surface area contributed by atoms with Gasteiger partial charge in [0.2, 0.25) is 0 Å². The van der Waals surface area contributed by atoms with E-state index in [2.05, 4.69) is 47.1 Å². The molecule has 0 atom stereocenters. The predicted molar refractivity (Wildman–Crippen MR) is 147 cm³/mol. The molecule has 8 nitrogen and oxygen atoms in total. The first-order chi connectivity index (χ1) is 18.5. The van der Waals surface area contributed by atoms with Gasteiger partial charge in [0.05, 0.1) is 40.5 Å². The third-order valence-corrected chi connectivity index (χ3v) is 8.07. The number of fused-ring (bicyclic) bond motifs is 3. The Morgan fingerprint density at radius 1 is 0.868 bits per heavy atom. The van der Waals surface area contributed by atoms with Gasteiger partial charge in [-0.25, -0.2) is 4.79 Å². The molecule has 2 aromatic carbocycles. The van der Waals surface area contributed by atoms with E-state index in [0.717, 1.165) is 77.9 Å². The van der Waals surface area contributed by atoms with Gasteiger partial charge in [0.15, 0.2) is 0 Å². The quantitative estimate of drug-likeness (QED) is 0.517. The highest BCUT2D eigenvalue weighted by Crippen LogP contribution is 2.46. The van der Waals surface area contributed by atoms with Gasteiger partial charge in [-0.3, -0.25) is 9.80 Å². The molecule has 3 aliphatic rings. The Bertz CT molecular complexity index is 1240. The van der Waals surface area contributed by atoms with Crippen molar-refractivity contribution in [2.45, 2.75) is 38.4 Å². The molecule has 0 unspecified atom stereocenters. The molecule has 0 aromatic heterocycles. The van der Waals surface area contributed by atoms with Crippen LogP contribution in [0.25, 0.3) is 6.08 Å². The molecule has 1 spiro atoms. The number of carbonyl (C=O) groups is 1. The highest BCUT2D eigenvalue weighted by Gasteiger charge is 2.54. The summed E-state index contributed by atoms with van der Waals surface area (Å²) >= 11 is 0. The molecule has 0 saturated carbocycles. The summed E-state index contributed by atoms with van der Waals surface area (Å²) in [5.41, 5.74) is 3.90.